The minimum Gasteiger partial charge on any atom is -0.366 e. The van der Waals surface area contributed by atoms with Crippen molar-refractivity contribution in [1.82, 2.24) is 14.9 Å². The molecule has 24 heavy (non-hydrogen) atoms. The van der Waals surface area contributed by atoms with Crippen LogP contribution in [0.2, 0.25) is 10.0 Å². The summed E-state index contributed by atoms with van der Waals surface area (Å²) in [6, 6.07) is 8.13. The maximum atomic E-state index is 6.09. The maximum Gasteiger partial charge on any atom is 0.133 e. The van der Waals surface area contributed by atoms with Crippen LogP contribution < -0.4 is 5.32 Å². The molecule has 1 saturated carbocycles. The van der Waals surface area contributed by atoms with Crippen molar-refractivity contribution in [2.75, 3.05) is 18.4 Å². The summed E-state index contributed by atoms with van der Waals surface area (Å²) in [4.78, 5) is 11.5. The predicted octanol–water partition coefficient (Wildman–Crippen LogP) is 4.35. The summed E-state index contributed by atoms with van der Waals surface area (Å²) in [5.74, 6) is 2.52. The summed E-state index contributed by atoms with van der Waals surface area (Å²) in [7, 11) is 0. The average Bonchev–Trinajstić information content (AvgIpc) is 3.29. The summed E-state index contributed by atoms with van der Waals surface area (Å²) >= 11 is 12.2. The van der Waals surface area contributed by atoms with Crippen molar-refractivity contribution in [3.63, 3.8) is 0 Å². The molecule has 1 aromatic heterocycles. The van der Waals surface area contributed by atoms with Gasteiger partial charge in [-0.1, -0.05) is 23.2 Å². The van der Waals surface area contributed by atoms with E-state index in [0.29, 0.717) is 22.0 Å². The van der Waals surface area contributed by atoms with Crippen LogP contribution in [0.4, 0.5) is 5.82 Å². The smallest absolute Gasteiger partial charge is 0.133 e. The Hall–Kier alpha value is -1.36. The third kappa shape index (κ3) is 4.00. The molecule has 1 saturated heterocycles. The van der Waals surface area contributed by atoms with Crippen LogP contribution in [-0.4, -0.2) is 34.0 Å². The number of benzene rings is 1. The van der Waals surface area contributed by atoms with Gasteiger partial charge in [0.05, 0.1) is 0 Å². The number of anilines is 1. The van der Waals surface area contributed by atoms with E-state index in [4.69, 9.17) is 23.2 Å². The van der Waals surface area contributed by atoms with Gasteiger partial charge in [-0.15, -0.1) is 0 Å². The Labute approximate surface area is 152 Å². The SMILES string of the molecule is Clc1cc(Cl)cc(CN2CCC(Nc3ccnc(C4CC4)n3)C2)c1. The first-order valence-corrected chi connectivity index (χ1v) is 9.18. The highest BCUT2D eigenvalue weighted by Crippen LogP contribution is 2.38. The lowest BCUT2D eigenvalue weighted by atomic mass is 10.2. The third-order valence-electron chi connectivity index (χ3n) is 4.57. The van der Waals surface area contributed by atoms with E-state index in [-0.39, 0.29) is 0 Å². The van der Waals surface area contributed by atoms with Gasteiger partial charge >= 0.3 is 0 Å². The normalized spacial score (nSPS) is 21.2. The average molecular weight is 363 g/mol. The first-order valence-electron chi connectivity index (χ1n) is 8.42. The highest BCUT2D eigenvalue weighted by atomic mass is 35.5. The summed E-state index contributed by atoms with van der Waals surface area (Å²) in [6.07, 6.45) is 5.42. The second-order valence-electron chi connectivity index (χ2n) is 6.72. The van der Waals surface area contributed by atoms with Gasteiger partial charge < -0.3 is 5.32 Å². The molecular formula is C18H20Cl2N4. The number of hydrogen-bond donors (Lipinski definition) is 1. The minimum atomic E-state index is 0.418. The van der Waals surface area contributed by atoms with Crippen molar-refractivity contribution in [1.29, 1.82) is 0 Å². The Morgan fingerprint density at radius 2 is 1.92 bits per heavy atom. The first kappa shape index (κ1) is 16.1. The molecule has 0 amide bonds. The highest BCUT2D eigenvalue weighted by molar-refractivity contribution is 6.34. The molecule has 2 heterocycles. The molecule has 1 N–H and O–H groups in total. The zero-order valence-corrected chi connectivity index (χ0v) is 14.9. The van der Waals surface area contributed by atoms with Crippen molar-refractivity contribution < 1.29 is 0 Å². The number of likely N-dealkylation sites (tertiary alicyclic amines) is 1. The molecule has 0 spiro atoms. The largest absolute Gasteiger partial charge is 0.366 e. The number of rotatable bonds is 5. The molecule has 126 valence electrons. The predicted molar refractivity (Wildman–Crippen MR) is 97.8 cm³/mol. The number of nitrogens with one attached hydrogen (secondary N) is 1. The van der Waals surface area contributed by atoms with Gasteiger partial charge in [-0.05, 0) is 49.1 Å². The molecule has 0 radical (unpaired) electrons. The number of halogens is 2. The number of hydrogen-bond acceptors (Lipinski definition) is 4. The van der Waals surface area contributed by atoms with E-state index in [1.54, 1.807) is 6.07 Å². The molecular weight excluding hydrogens is 343 g/mol. The van der Waals surface area contributed by atoms with E-state index in [1.165, 1.54) is 12.8 Å². The molecule has 4 rings (SSSR count). The quantitative estimate of drug-likeness (QED) is 0.858. The maximum absolute atomic E-state index is 6.09. The van der Waals surface area contributed by atoms with Gasteiger partial charge in [0.25, 0.3) is 0 Å². The van der Waals surface area contributed by atoms with Gasteiger partial charge in [0.15, 0.2) is 0 Å². The molecule has 2 fully saturated rings. The Morgan fingerprint density at radius 3 is 2.67 bits per heavy atom. The molecule has 4 nitrogen and oxygen atoms in total. The zero-order valence-electron chi connectivity index (χ0n) is 13.4. The standard InChI is InChI=1S/C18H20Cl2N4/c19-14-7-12(8-15(20)9-14)10-24-6-4-16(11-24)22-17-3-5-21-18(23-17)13-1-2-13/h3,5,7-9,13,16H,1-2,4,6,10-11H2,(H,21,22,23). The second-order valence-corrected chi connectivity index (χ2v) is 7.59. The van der Waals surface area contributed by atoms with Crippen molar-refractivity contribution in [2.45, 2.75) is 37.8 Å². The lowest BCUT2D eigenvalue weighted by Gasteiger charge is -2.17. The van der Waals surface area contributed by atoms with Gasteiger partial charge in [0.1, 0.15) is 11.6 Å². The van der Waals surface area contributed by atoms with Crippen molar-refractivity contribution in [3.8, 4) is 0 Å². The fourth-order valence-corrected chi connectivity index (χ4v) is 3.83. The van der Waals surface area contributed by atoms with Gasteiger partial charge in [-0.2, -0.15) is 0 Å². The van der Waals surface area contributed by atoms with Crippen LogP contribution >= 0.6 is 23.2 Å². The highest BCUT2D eigenvalue weighted by Gasteiger charge is 2.27. The van der Waals surface area contributed by atoms with Crippen molar-refractivity contribution in [2.24, 2.45) is 0 Å². The summed E-state index contributed by atoms with van der Waals surface area (Å²) < 4.78 is 0. The van der Waals surface area contributed by atoms with Crippen LogP contribution in [-0.2, 0) is 6.54 Å². The summed E-state index contributed by atoms with van der Waals surface area (Å²) in [5.41, 5.74) is 1.16. The second kappa shape index (κ2) is 6.87. The molecule has 0 bridgehead atoms. The van der Waals surface area contributed by atoms with Crippen molar-refractivity contribution in [3.05, 3.63) is 51.9 Å². The van der Waals surface area contributed by atoms with Crippen LogP contribution in [0.25, 0.3) is 0 Å². The Morgan fingerprint density at radius 1 is 1.12 bits per heavy atom. The Kier molecular flexibility index (Phi) is 4.61. The zero-order chi connectivity index (χ0) is 16.5. The number of nitrogens with zero attached hydrogens (tertiary/aromatic N) is 3. The lowest BCUT2D eigenvalue weighted by molar-refractivity contribution is 0.328. The van der Waals surface area contributed by atoms with Crippen LogP contribution in [0.15, 0.2) is 30.5 Å². The minimum absolute atomic E-state index is 0.418. The van der Waals surface area contributed by atoms with Crippen molar-refractivity contribution >= 4 is 29.0 Å². The molecule has 2 aliphatic rings. The molecule has 6 heteroatoms. The number of aromatic nitrogens is 2. The molecule has 1 aromatic carbocycles. The van der Waals surface area contributed by atoms with E-state index in [0.717, 1.165) is 43.3 Å². The van der Waals surface area contributed by atoms with Crippen LogP contribution in [0.1, 0.15) is 36.6 Å². The Bertz CT molecular complexity index is 712. The van der Waals surface area contributed by atoms with Gasteiger partial charge in [0.2, 0.25) is 0 Å². The van der Waals surface area contributed by atoms with E-state index < -0.39 is 0 Å². The topological polar surface area (TPSA) is 41.0 Å². The van der Waals surface area contributed by atoms with E-state index in [9.17, 15) is 0 Å². The third-order valence-corrected chi connectivity index (χ3v) is 5.01. The Balaban J connectivity index is 1.35. The fourth-order valence-electron chi connectivity index (χ4n) is 3.26. The van der Waals surface area contributed by atoms with Gasteiger partial charge in [0, 0.05) is 47.8 Å². The fraction of sp³-hybridized carbons (Fsp3) is 0.444. The van der Waals surface area contributed by atoms with E-state index in [1.807, 2.05) is 24.4 Å². The first-order chi connectivity index (χ1) is 11.7. The summed E-state index contributed by atoms with van der Waals surface area (Å²) in [6.45, 7) is 2.92. The summed E-state index contributed by atoms with van der Waals surface area (Å²) in [5, 5.41) is 4.95. The van der Waals surface area contributed by atoms with E-state index in [2.05, 4.69) is 20.2 Å². The van der Waals surface area contributed by atoms with Crippen LogP contribution in [0.3, 0.4) is 0 Å². The molecule has 1 aliphatic heterocycles. The van der Waals surface area contributed by atoms with Gasteiger partial charge in [-0.3, -0.25) is 4.90 Å². The monoisotopic (exact) mass is 362 g/mol. The molecule has 2 aromatic rings. The van der Waals surface area contributed by atoms with Crippen LogP contribution in [0.5, 0.6) is 0 Å². The van der Waals surface area contributed by atoms with E-state index >= 15 is 0 Å². The van der Waals surface area contributed by atoms with Gasteiger partial charge in [-0.25, -0.2) is 9.97 Å². The lowest BCUT2D eigenvalue weighted by Crippen LogP contribution is -2.26. The molecule has 1 aliphatic carbocycles. The molecule has 1 atom stereocenters. The molecule has 1 unspecified atom stereocenters. The van der Waals surface area contributed by atoms with Crippen LogP contribution in [0, 0.1) is 0 Å².